The standard InChI is InChI=1S/C18H24FN5/c1-4-5-14(19)16-22-17(20)24-18(23-16)21-15-11(3)9-12-7-6-10(2)8-13(12)15/h6-8,11,14-15H,4-5,9H2,1-3H3,(H3,20,21,22,23,24). The summed E-state index contributed by atoms with van der Waals surface area (Å²) in [7, 11) is 0. The molecule has 1 aromatic heterocycles. The molecular weight excluding hydrogens is 305 g/mol. The third kappa shape index (κ3) is 3.32. The number of alkyl halides is 1. The quantitative estimate of drug-likeness (QED) is 0.869. The van der Waals surface area contributed by atoms with E-state index in [4.69, 9.17) is 5.73 Å². The Hall–Kier alpha value is -2.24. The van der Waals surface area contributed by atoms with E-state index in [1.54, 1.807) is 0 Å². The average Bonchev–Trinajstić information content (AvgIpc) is 2.83. The number of nitrogens with two attached hydrogens (primary N) is 1. The minimum atomic E-state index is -1.21. The number of benzene rings is 1. The molecule has 0 radical (unpaired) electrons. The molecule has 1 heterocycles. The van der Waals surface area contributed by atoms with Gasteiger partial charge in [-0.2, -0.15) is 15.0 Å². The Bertz CT molecular complexity index is 733. The highest BCUT2D eigenvalue weighted by Gasteiger charge is 2.30. The van der Waals surface area contributed by atoms with Gasteiger partial charge in [-0.25, -0.2) is 4.39 Å². The number of halogens is 1. The van der Waals surface area contributed by atoms with E-state index in [-0.39, 0.29) is 17.8 Å². The number of hydrogen-bond donors (Lipinski definition) is 2. The number of anilines is 2. The summed E-state index contributed by atoms with van der Waals surface area (Å²) in [5.41, 5.74) is 9.56. The summed E-state index contributed by atoms with van der Waals surface area (Å²) in [6.45, 7) is 6.20. The molecule has 128 valence electrons. The molecule has 0 amide bonds. The molecule has 5 nitrogen and oxygen atoms in total. The van der Waals surface area contributed by atoms with Crippen molar-refractivity contribution in [3.8, 4) is 0 Å². The average molecular weight is 329 g/mol. The van der Waals surface area contributed by atoms with Crippen LogP contribution in [0.1, 0.15) is 61.4 Å². The molecule has 1 aromatic carbocycles. The zero-order valence-corrected chi connectivity index (χ0v) is 14.4. The fourth-order valence-corrected chi connectivity index (χ4v) is 3.32. The van der Waals surface area contributed by atoms with Gasteiger partial charge in [0.25, 0.3) is 0 Å². The molecule has 0 spiro atoms. The maximum absolute atomic E-state index is 14.1. The Labute approximate surface area is 141 Å². The molecule has 24 heavy (non-hydrogen) atoms. The van der Waals surface area contributed by atoms with Crippen molar-refractivity contribution in [2.24, 2.45) is 5.92 Å². The highest BCUT2D eigenvalue weighted by atomic mass is 19.1. The van der Waals surface area contributed by atoms with Gasteiger partial charge in [0.1, 0.15) is 0 Å². The van der Waals surface area contributed by atoms with Gasteiger partial charge in [0.05, 0.1) is 6.04 Å². The van der Waals surface area contributed by atoms with Crippen LogP contribution in [0.15, 0.2) is 18.2 Å². The van der Waals surface area contributed by atoms with Crippen molar-refractivity contribution >= 4 is 11.9 Å². The van der Waals surface area contributed by atoms with Crippen LogP contribution in [0.25, 0.3) is 0 Å². The van der Waals surface area contributed by atoms with E-state index in [0.29, 0.717) is 18.3 Å². The lowest BCUT2D eigenvalue weighted by Gasteiger charge is -2.19. The van der Waals surface area contributed by atoms with E-state index in [0.717, 1.165) is 12.8 Å². The first kappa shape index (κ1) is 16.6. The summed E-state index contributed by atoms with van der Waals surface area (Å²) >= 11 is 0. The summed E-state index contributed by atoms with van der Waals surface area (Å²) in [5, 5.41) is 3.34. The Kier molecular flexibility index (Phi) is 4.64. The number of nitrogens with one attached hydrogen (secondary N) is 1. The van der Waals surface area contributed by atoms with Crippen LogP contribution in [0.2, 0.25) is 0 Å². The van der Waals surface area contributed by atoms with Crippen LogP contribution in [-0.2, 0) is 6.42 Å². The first-order valence-corrected chi connectivity index (χ1v) is 8.49. The van der Waals surface area contributed by atoms with E-state index in [2.05, 4.69) is 52.3 Å². The molecule has 0 fully saturated rings. The number of nitrogens with zero attached hydrogens (tertiary/aromatic N) is 3. The summed E-state index contributed by atoms with van der Waals surface area (Å²) in [6.07, 6.45) is 0.894. The highest BCUT2D eigenvalue weighted by Crippen LogP contribution is 2.38. The van der Waals surface area contributed by atoms with Gasteiger partial charge in [-0.1, -0.05) is 44.0 Å². The van der Waals surface area contributed by atoms with Crippen molar-refractivity contribution in [3.05, 3.63) is 40.7 Å². The number of aryl methyl sites for hydroxylation is 1. The Morgan fingerprint density at radius 2 is 2.12 bits per heavy atom. The molecule has 1 aliphatic rings. The van der Waals surface area contributed by atoms with Crippen molar-refractivity contribution in [1.29, 1.82) is 0 Å². The SMILES string of the molecule is CCCC(F)c1nc(N)nc(NC2c3cc(C)ccc3CC2C)n1. The van der Waals surface area contributed by atoms with E-state index < -0.39 is 6.17 Å². The first-order valence-electron chi connectivity index (χ1n) is 8.49. The second kappa shape index (κ2) is 6.71. The predicted octanol–water partition coefficient (Wildman–Crippen LogP) is 3.92. The summed E-state index contributed by atoms with van der Waals surface area (Å²) in [4.78, 5) is 12.3. The van der Waals surface area contributed by atoms with Gasteiger partial charge >= 0.3 is 0 Å². The molecule has 3 N–H and O–H groups in total. The first-order chi connectivity index (χ1) is 11.5. The molecule has 3 rings (SSSR count). The van der Waals surface area contributed by atoms with Gasteiger partial charge in [0, 0.05) is 0 Å². The summed E-state index contributed by atoms with van der Waals surface area (Å²) in [5.74, 6) is 0.917. The zero-order valence-electron chi connectivity index (χ0n) is 14.4. The molecule has 0 saturated heterocycles. The van der Waals surface area contributed by atoms with Gasteiger partial charge in [-0.3, -0.25) is 0 Å². The topological polar surface area (TPSA) is 76.7 Å². The number of fused-ring (bicyclic) bond motifs is 1. The minimum absolute atomic E-state index is 0.0522. The van der Waals surface area contributed by atoms with E-state index >= 15 is 0 Å². The molecular formula is C18H24FN5. The Morgan fingerprint density at radius 1 is 1.33 bits per heavy atom. The molecule has 0 aliphatic heterocycles. The van der Waals surface area contributed by atoms with Crippen LogP contribution in [0.3, 0.4) is 0 Å². The molecule has 3 atom stereocenters. The van der Waals surface area contributed by atoms with Gasteiger partial charge in [0.15, 0.2) is 12.0 Å². The summed E-state index contributed by atoms with van der Waals surface area (Å²) < 4.78 is 14.1. The fourth-order valence-electron chi connectivity index (χ4n) is 3.32. The molecule has 2 aromatic rings. The predicted molar refractivity (Wildman–Crippen MR) is 93.4 cm³/mol. The Morgan fingerprint density at radius 3 is 2.88 bits per heavy atom. The van der Waals surface area contributed by atoms with Crippen molar-refractivity contribution < 1.29 is 4.39 Å². The molecule has 0 bridgehead atoms. The lowest BCUT2D eigenvalue weighted by atomic mass is 10.0. The maximum Gasteiger partial charge on any atom is 0.228 e. The normalized spacial score (nSPS) is 20.7. The monoisotopic (exact) mass is 329 g/mol. The van der Waals surface area contributed by atoms with Crippen molar-refractivity contribution in [2.75, 3.05) is 11.1 Å². The van der Waals surface area contributed by atoms with Crippen LogP contribution in [0.5, 0.6) is 0 Å². The second-order valence-electron chi connectivity index (χ2n) is 6.64. The lowest BCUT2D eigenvalue weighted by Crippen LogP contribution is -2.18. The number of hydrogen-bond acceptors (Lipinski definition) is 5. The number of nitrogen functional groups attached to an aromatic ring is 1. The third-order valence-corrected chi connectivity index (χ3v) is 4.52. The largest absolute Gasteiger partial charge is 0.368 e. The van der Waals surface area contributed by atoms with E-state index in [9.17, 15) is 4.39 Å². The lowest BCUT2D eigenvalue weighted by molar-refractivity contribution is 0.305. The molecule has 6 heteroatoms. The zero-order chi connectivity index (χ0) is 17.3. The highest BCUT2D eigenvalue weighted by molar-refractivity contribution is 5.44. The maximum atomic E-state index is 14.1. The van der Waals surface area contributed by atoms with Crippen LogP contribution in [0, 0.1) is 12.8 Å². The van der Waals surface area contributed by atoms with Crippen LogP contribution in [0.4, 0.5) is 16.3 Å². The van der Waals surface area contributed by atoms with Crippen molar-refractivity contribution in [2.45, 2.75) is 52.2 Å². The molecule has 3 unspecified atom stereocenters. The van der Waals surface area contributed by atoms with Gasteiger partial charge in [-0.15, -0.1) is 0 Å². The second-order valence-corrected chi connectivity index (χ2v) is 6.64. The molecule has 0 saturated carbocycles. The summed E-state index contributed by atoms with van der Waals surface area (Å²) in [6, 6.07) is 6.59. The smallest absolute Gasteiger partial charge is 0.228 e. The van der Waals surface area contributed by atoms with E-state index in [1.807, 2.05) is 6.92 Å². The van der Waals surface area contributed by atoms with Gasteiger partial charge in [-0.05, 0) is 36.8 Å². The van der Waals surface area contributed by atoms with Crippen LogP contribution in [-0.4, -0.2) is 15.0 Å². The Balaban J connectivity index is 1.88. The fraction of sp³-hybridized carbons (Fsp3) is 0.500. The van der Waals surface area contributed by atoms with E-state index in [1.165, 1.54) is 16.7 Å². The molecule has 1 aliphatic carbocycles. The van der Waals surface area contributed by atoms with Gasteiger partial charge < -0.3 is 11.1 Å². The van der Waals surface area contributed by atoms with Crippen LogP contribution < -0.4 is 11.1 Å². The van der Waals surface area contributed by atoms with Crippen LogP contribution >= 0.6 is 0 Å². The number of rotatable bonds is 5. The number of aromatic nitrogens is 3. The van der Waals surface area contributed by atoms with Crippen molar-refractivity contribution in [1.82, 2.24) is 15.0 Å². The third-order valence-electron chi connectivity index (χ3n) is 4.52. The van der Waals surface area contributed by atoms with Gasteiger partial charge in [0.2, 0.25) is 11.9 Å². The minimum Gasteiger partial charge on any atom is -0.368 e. The van der Waals surface area contributed by atoms with Crippen molar-refractivity contribution in [3.63, 3.8) is 0 Å².